The Morgan fingerprint density at radius 2 is 1.69 bits per heavy atom. The van der Waals surface area contributed by atoms with Gasteiger partial charge in [-0.05, 0) is 36.6 Å². The Morgan fingerprint density at radius 3 is 2.35 bits per heavy atom. The number of hydrogen-bond acceptors (Lipinski definition) is 4. The summed E-state index contributed by atoms with van der Waals surface area (Å²) in [5.41, 5.74) is 0.573. The van der Waals surface area contributed by atoms with Crippen molar-refractivity contribution >= 4 is 10.1 Å². The van der Waals surface area contributed by atoms with Crippen molar-refractivity contribution in [2.45, 2.75) is 50.3 Å². The second kappa shape index (κ2) is 11.4. The Bertz CT molecular complexity index is 805. The Balaban J connectivity index is 0.00000338. The third kappa shape index (κ3) is 7.68. The van der Waals surface area contributed by atoms with Crippen molar-refractivity contribution in [3.8, 4) is 17.2 Å². The molecule has 5 nitrogen and oxygen atoms in total. The van der Waals surface area contributed by atoms with Crippen LogP contribution in [0, 0.1) is 0 Å². The molecular weight excluding hydrogens is 379 g/mol. The van der Waals surface area contributed by atoms with Gasteiger partial charge in [-0.25, -0.2) is 0 Å². The maximum atomic E-state index is 11.7. The molecular formula is C19H23KO5S. The molecule has 0 bridgehead atoms. The summed E-state index contributed by atoms with van der Waals surface area (Å²) in [6.45, 7) is 2.14. The fourth-order valence-electron chi connectivity index (χ4n) is 2.64. The first-order valence-electron chi connectivity index (χ1n) is 8.45. The van der Waals surface area contributed by atoms with E-state index in [0.29, 0.717) is 17.7 Å². The Labute approximate surface area is 198 Å². The van der Waals surface area contributed by atoms with E-state index in [1.807, 2.05) is 0 Å². The van der Waals surface area contributed by atoms with E-state index in [4.69, 9.17) is 4.74 Å². The predicted molar refractivity (Wildman–Crippen MR) is 94.7 cm³/mol. The summed E-state index contributed by atoms with van der Waals surface area (Å²) in [5.74, 6) is 0.380. The fourth-order valence-corrected chi connectivity index (χ4v) is 3.40. The summed E-state index contributed by atoms with van der Waals surface area (Å²) in [5, 5.41) is 11.3. The Hall–Kier alpha value is -0.414. The van der Waals surface area contributed by atoms with Gasteiger partial charge in [-0.3, -0.25) is 4.55 Å². The normalized spacial score (nSPS) is 11.0. The van der Waals surface area contributed by atoms with Gasteiger partial charge in [0, 0.05) is 6.07 Å². The van der Waals surface area contributed by atoms with E-state index >= 15 is 0 Å². The van der Waals surface area contributed by atoms with Gasteiger partial charge >= 0.3 is 51.4 Å². The van der Waals surface area contributed by atoms with Crippen LogP contribution in [0.4, 0.5) is 0 Å². The second-order valence-corrected chi connectivity index (χ2v) is 7.38. The third-order valence-electron chi connectivity index (χ3n) is 3.91. The molecule has 2 aromatic carbocycles. The van der Waals surface area contributed by atoms with Gasteiger partial charge in [0.2, 0.25) is 0 Å². The Morgan fingerprint density at radius 1 is 1.00 bits per heavy atom. The average Bonchev–Trinajstić information content (AvgIpc) is 2.55. The number of aryl methyl sites for hydroxylation is 1. The van der Waals surface area contributed by atoms with Crippen molar-refractivity contribution < 1.29 is 74.2 Å². The van der Waals surface area contributed by atoms with E-state index in [2.05, 4.69) is 6.92 Å². The molecule has 2 aromatic rings. The van der Waals surface area contributed by atoms with E-state index < -0.39 is 10.1 Å². The van der Waals surface area contributed by atoms with E-state index in [1.165, 1.54) is 18.2 Å². The molecule has 1 N–H and O–H groups in total. The largest absolute Gasteiger partial charge is 1.00 e. The molecule has 0 aliphatic heterocycles. The van der Waals surface area contributed by atoms with Gasteiger partial charge in [0.15, 0.2) is 0 Å². The monoisotopic (exact) mass is 402 g/mol. The van der Waals surface area contributed by atoms with Gasteiger partial charge in [-0.1, -0.05) is 50.8 Å². The van der Waals surface area contributed by atoms with Crippen LogP contribution in [0.25, 0.3) is 0 Å². The summed E-state index contributed by atoms with van der Waals surface area (Å²) in [6, 6.07) is 10.5. The van der Waals surface area contributed by atoms with Crippen LogP contribution in [0.1, 0.15) is 44.6 Å². The van der Waals surface area contributed by atoms with Crippen molar-refractivity contribution in [1.82, 2.24) is 0 Å². The fraction of sp³-hybridized carbons (Fsp3) is 0.368. The minimum atomic E-state index is -4.35. The van der Waals surface area contributed by atoms with Crippen LogP contribution in [-0.4, -0.2) is 13.0 Å². The first kappa shape index (κ1) is 23.6. The van der Waals surface area contributed by atoms with Gasteiger partial charge in [-0.2, -0.15) is 8.42 Å². The zero-order chi connectivity index (χ0) is 18.3. The van der Waals surface area contributed by atoms with Crippen LogP contribution in [0.2, 0.25) is 0 Å². The van der Waals surface area contributed by atoms with Gasteiger partial charge in [0.05, 0.1) is 0 Å². The van der Waals surface area contributed by atoms with Crippen LogP contribution in [-0.2, 0) is 16.5 Å². The average molecular weight is 403 g/mol. The first-order chi connectivity index (χ1) is 11.9. The minimum Gasteiger partial charge on any atom is -0.872 e. The maximum Gasteiger partial charge on any atom is 1.00 e. The van der Waals surface area contributed by atoms with Gasteiger partial charge in [-0.15, -0.1) is 5.75 Å². The van der Waals surface area contributed by atoms with Crippen molar-refractivity contribution in [3.63, 3.8) is 0 Å². The molecule has 26 heavy (non-hydrogen) atoms. The third-order valence-corrected chi connectivity index (χ3v) is 4.84. The molecule has 0 saturated heterocycles. The molecule has 0 aliphatic rings. The summed E-state index contributed by atoms with van der Waals surface area (Å²) < 4.78 is 38.4. The second-order valence-electron chi connectivity index (χ2n) is 5.99. The first-order valence-corrected chi connectivity index (χ1v) is 9.89. The van der Waals surface area contributed by atoms with Gasteiger partial charge < -0.3 is 9.84 Å². The van der Waals surface area contributed by atoms with Crippen molar-refractivity contribution in [1.29, 1.82) is 0 Å². The molecule has 0 heterocycles. The van der Waals surface area contributed by atoms with Crippen LogP contribution in [0.15, 0.2) is 47.4 Å². The molecule has 0 spiro atoms. The number of ether oxygens (including phenoxy) is 1. The van der Waals surface area contributed by atoms with Gasteiger partial charge in [0.1, 0.15) is 16.4 Å². The number of rotatable bonds is 9. The standard InChI is InChI=1S/C19H24O5S.K/c1-2-3-4-5-6-8-15-11-12-18(14-19(15)25(21,22)23)24-17-10-7-9-16(20)13-17;/h7,9-14,20H,2-6,8H2,1H3,(H,21,22,23);/q;+1/p-1. The molecule has 0 fully saturated rings. The molecule has 2 rings (SSSR count). The van der Waals surface area contributed by atoms with Crippen molar-refractivity contribution in [2.75, 3.05) is 0 Å². The van der Waals surface area contributed by atoms with Gasteiger partial charge in [0.25, 0.3) is 10.1 Å². The summed E-state index contributed by atoms with van der Waals surface area (Å²) >= 11 is 0. The van der Waals surface area contributed by atoms with E-state index in [0.717, 1.165) is 32.1 Å². The molecule has 0 aliphatic carbocycles. The molecule has 0 saturated carbocycles. The number of unbranched alkanes of at least 4 members (excludes halogenated alkanes) is 4. The van der Waals surface area contributed by atoms with Crippen LogP contribution in [0.3, 0.4) is 0 Å². The zero-order valence-corrected chi connectivity index (χ0v) is 19.2. The van der Waals surface area contributed by atoms with Crippen LogP contribution in [0.5, 0.6) is 17.2 Å². The molecule has 0 unspecified atom stereocenters. The maximum absolute atomic E-state index is 11.7. The molecule has 0 atom stereocenters. The van der Waals surface area contributed by atoms with Crippen molar-refractivity contribution in [3.05, 3.63) is 48.0 Å². The predicted octanol–water partition coefficient (Wildman–Crippen LogP) is 1.32. The topological polar surface area (TPSA) is 86.7 Å². The zero-order valence-electron chi connectivity index (χ0n) is 15.3. The summed E-state index contributed by atoms with van der Waals surface area (Å²) in [7, 11) is -4.35. The smallest absolute Gasteiger partial charge is 0.872 e. The molecule has 0 aromatic heterocycles. The van der Waals surface area contributed by atoms with E-state index in [9.17, 15) is 18.1 Å². The summed E-state index contributed by atoms with van der Waals surface area (Å²) in [6.07, 6.45) is 5.89. The number of hydrogen-bond donors (Lipinski definition) is 1. The summed E-state index contributed by atoms with van der Waals surface area (Å²) in [4.78, 5) is -0.140. The van der Waals surface area contributed by atoms with E-state index in [-0.39, 0.29) is 67.8 Å². The molecule has 7 heteroatoms. The molecule has 0 amide bonds. The van der Waals surface area contributed by atoms with Crippen LogP contribution >= 0.6 is 0 Å². The van der Waals surface area contributed by atoms with Crippen LogP contribution < -0.4 is 61.2 Å². The quantitative estimate of drug-likeness (QED) is 0.388. The van der Waals surface area contributed by atoms with Crippen molar-refractivity contribution in [2.24, 2.45) is 0 Å². The number of benzene rings is 2. The SMILES string of the molecule is CCCCCCCc1ccc(Oc2cccc([O-])c2)cc1S(=O)(=O)O.[K+]. The molecule has 136 valence electrons. The Kier molecular flexibility index (Phi) is 10.4. The minimum absolute atomic E-state index is 0. The van der Waals surface area contributed by atoms with E-state index in [1.54, 1.807) is 24.3 Å². The molecule has 0 radical (unpaired) electrons.